The molecule has 0 aliphatic carbocycles. The second-order valence-corrected chi connectivity index (χ2v) is 5.35. The van der Waals surface area contributed by atoms with Crippen molar-refractivity contribution in [3.8, 4) is 0 Å². The van der Waals surface area contributed by atoms with Gasteiger partial charge in [-0.05, 0) is 31.5 Å². The average molecular weight is 296 g/mol. The molecule has 7 heteroatoms. The molecule has 1 aromatic carbocycles. The number of urea groups is 1. The third kappa shape index (κ3) is 3.13. The molecule has 0 aromatic heterocycles. The van der Waals surface area contributed by atoms with Gasteiger partial charge in [0.2, 0.25) is 0 Å². The minimum Gasteiger partial charge on any atom is -0.481 e. The number of nitrogens with one attached hydrogen (secondary N) is 2. The lowest BCUT2D eigenvalue weighted by molar-refractivity contribution is -0.148. The number of hydrogen-bond donors (Lipinski definition) is 3. The first-order chi connectivity index (χ1) is 9.83. The zero-order chi connectivity index (χ0) is 15.6. The highest BCUT2D eigenvalue weighted by molar-refractivity contribution is 5.90. The molecule has 0 radical (unpaired) electrons. The van der Waals surface area contributed by atoms with Gasteiger partial charge in [-0.3, -0.25) is 4.79 Å². The summed E-state index contributed by atoms with van der Waals surface area (Å²) in [5.74, 6) is -1.46. The predicted octanol–water partition coefficient (Wildman–Crippen LogP) is 1.75. The Hall–Kier alpha value is -2.15. The lowest BCUT2D eigenvalue weighted by Gasteiger charge is -2.25. The van der Waals surface area contributed by atoms with Crippen molar-refractivity contribution in [2.24, 2.45) is 5.41 Å². The van der Waals surface area contributed by atoms with Gasteiger partial charge in [0.25, 0.3) is 0 Å². The number of ether oxygens (including phenoxy) is 1. The Bertz CT molecular complexity index is 578. The topological polar surface area (TPSA) is 87.7 Å². The molecule has 21 heavy (non-hydrogen) atoms. The fourth-order valence-electron chi connectivity index (χ4n) is 2.08. The summed E-state index contributed by atoms with van der Waals surface area (Å²) in [6, 6.07) is 3.08. The monoisotopic (exact) mass is 296 g/mol. The predicted molar refractivity (Wildman–Crippen MR) is 73.6 cm³/mol. The number of carboxylic acids is 1. The van der Waals surface area contributed by atoms with Crippen LogP contribution in [0.4, 0.5) is 14.9 Å². The number of benzene rings is 1. The number of carbonyl (C=O) groups excluding carboxylic acids is 1. The highest BCUT2D eigenvalue weighted by atomic mass is 19.1. The van der Waals surface area contributed by atoms with Gasteiger partial charge in [-0.2, -0.15) is 0 Å². The standard InChI is InChI=1S/C14H17FN2O4/c1-8-3-4-9(5-10(8)15)16-13(20)17-11-6-21-7-14(11,2)12(18)19/h3-5,11H,6-7H2,1-2H3,(H,18,19)(H2,16,17,20). The summed E-state index contributed by atoms with van der Waals surface area (Å²) in [4.78, 5) is 23.1. The Morgan fingerprint density at radius 3 is 2.81 bits per heavy atom. The summed E-state index contributed by atoms with van der Waals surface area (Å²) in [6.07, 6.45) is 0. The highest BCUT2D eigenvalue weighted by Gasteiger charge is 2.47. The number of carboxylic acid groups (broad SMARTS) is 1. The van der Waals surface area contributed by atoms with Crippen LogP contribution in [0.3, 0.4) is 0 Å². The summed E-state index contributed by atoms with van der Waals surface area (Å²) in [5, 5.41) is 14.2. The molecule has 1 heterocycles. The second-order valence-electron chi connectivity index (χ2n) is 5.35. The zero-order valence-electron chi connectivity index (χ0n) is 11.8. The molecule has 0 saturated carbocycles. The fourth-order valence-corrected chi connectivity index (χ4v) is 2.08. The number of aryl methyl sites for hydroxylation is 1. The molecule has 3 N–H and O–H groups in total. The largest absolute Gasteiger partial charge is 0.481 e. The summed E-state index contributed by atoms with van der Waals surface area (Å²) in [5.41, 5.74) is -0.397. The van der Waals surface area contributed by atoms with Gasteiger partial charge in [0.1, 0.15) is 11.2 Å². The lowest BCUT2D eigenvalue weighted by Crippen LogP contribution is -2.50. The van der Waals surface area contributed by atoms with E-state index in [9.17, 15) is 19.1 Å². The van der Waals surface area contributed by atoms with Crippen LogP contribution in [0.25, 0.3) is 0 Å². The molecule has 0 spiro atoms. The number of rotatable bonds is 3. The normalized spacial score (nSPS) is 24.6. The van der Waals surface area contributed by atoms with E-state index in [-0.39, 0.29) is 13.2 Å². The van der Waals surface area contributed by atoms with Crippen LogP contribution in [-0.4, -0.2) is 36.4 Å². The van der Waals surface area contributed by atoms with Gasteiger partial charge >= 0.3 is 12.0 Å². The van der Waals surface area contributed by atoms with E-state index in [0.717, 1.165) is 0 Å². The molecular weight excluding hydrogens is 279 g/mol. The van der Waals surface area contributed by atoms with Crippen LogP contribution in [0.2, 0.25) is 0 Å². The molecule has 1 aliphatic heterocycles. The van der Waals surface area contributed by atoms with Crippen molar-refractivity contribution >= 4 is 17.7 Å². The first-order valence-corrected chi connectivity index (χ1v) is 6.48. The lowest BCUT2D eigenvalue weighted by atomic mass is 9.85. The van der Waals surface area contributed by atoms with Crippen LogP contribution in [0, 0.1) is 18.2 Å². The van der Waals surface area contributed by atoms with Crippen LogP contribution < -0.4 is 10.6 Å². The molecule has 0 bridgehead atoms. The van der Waals surface area contributed by atoms with Crippen molar-refractivity contribution in [1.82, 2.24) is 5.32 Å². The van der Waals surface area contributed by atoms with Crippen LogP contribution >= 0.6 is 0 Å². The van der Waals surface area contributed by atoms with Crippen LogP contribution in [0.15, 0.2) is 18.2 Å². The number of carbonyl (C=O) groups is 2. The van der Waals surface area contributed by atoms with Crippen molar-refractivity contribution in [3.63, 3.8) is 0 Å². The number of hydrogen-bond acceptors (Lipinski definition) is 3. The maximum atomic E-state index is 13.4. The Kier molecular flexibility index (Phi) is 4.13. The molecule has 1 saturated heterocycles. The van der Waals surface area contributed by atoms with Crippen molar-refractivity contribution in [1.29, 1.82) is 0 Å². The summed E-state index contributed by atoms with van der Waals surface area (Å²) < 4.78 is 18.5. The molecular formula is C14H17FN2O4. The molecule has 2 amide bonds. The molecule has 1 aromatic rings. The molecule has 6 nitrogen and oxygen atoms in total. The quantitative estimate of drug-likeness (QED) is 0.793. The van der Waals surface area contributed by atoms with Crippen LogP contribution in [0.1, 0.15) is 12.5 Å². The molecule has 1 aliphatic rings. The third-order valence-corrected chi connectivity index (χ3v) is 3.68. The highest BCUT2D eigenvalue weighted by Crippen LogP contribution is 2.28. The minimum atomic E-state index is -1.17. The van der Waals surface area contributed by atoms with E-state index >= 15 is 0 Å². The zero-order valence-corrected chi connectivity index (χ0v) is 11.8. The van der Waals surface area contributed by atoms with Gasteiger partial charge in [-0.25, -0.2) is 9.18 Å². The molecule has 2 rings (SSSR count). The van der Waals surface area contributed by atoms with E-state index in [2.05, 4.69) is 10.6 Å². The van der Waals surface area contributed by atoms with Crippen molar-refractivity contribution in [2.45, 2.75) is 19.9 Å². The van der Waals surface area contributed by atoms with Gasteiger partial charge in [-0.1, -0.05) is 6.07 Å². The van der Waals surface area contributed by atoms with E-state index < -0.39 is 29.3 Å². The number of aliphatic carboxylic acids is 1. The van der Waals surface area contributed by atoms with Gasteiger partial charge in [0.05, 0.1) is 19.3 Å². The average Bonchev–Trinajstić information content (AvgIpc) is 2.77. The molecule has 2 unspecified atom stereocenters. The van der Waals surface area contributed by atoms with E-state index in [4.69, 9.17) is 4.74 Å². The first-order valence-electron chi connectivity index (χ1n) is 6.48. The number of halogens is 1. The fraction of sp³-hybridized carbons (Fsp3) is 0.429. The van der Waals surface area contributed by atoms with Gasteiger partial charge in [-0.15, -0.1) is 0 Å². The Morgan fingerprint density at radius 2 is 2.19 bits per heavy atom. The van der Waals surface area contributed by atoms with Crippen LogP contribution in [-0.2, 0) is 9.53 Å². The van der Waals surface area contributed by atoms with Crippen molar-refractivity contribution in [2.75, 3.05) is 18.5 Å². The maximum Gasteiger partial charge on any atom is 0.319 e. The summed E-state index contributed by atoms with van der Waals surface area (Å²) in [6.45, 7) is 3.29. The van der Waals surface area contributed by atoms with Crippen molar-refractivity contribution < 1.29 is 23.8 Å². The maximum absolute atomic E-state index is 13.4. The third-order valence-electron chi connectivity index (χ3n) is 3.68. The second kappa shape index (κ2) is 5.69. The Morgan fingerprint density at radius 1 is 1.48 bits per heavy atom. The minimum absolute atomic E-state index is 0.0342. The number of anilines is 1. The van der Waals surface area contributed by atoms with Crippen molar-refractivity contribution in [3.05, 3.63) is 29.6 Å². The Labute approximate surface area is 121 Å². The number of amides is 2. The van der Waals surface area contributed by atoms with E-state index in [0.29, 0.717) is 11.3 Å². The first kappa shape index (κ1) is 15.2. The SMILES string of the molecule is Cc1ccc(NC(=O)NC2COCC2(C)C(=O)O)cc1F. The van der Waals surface area contributed by atoms with Crippen LogP contribution in [0.5, 0.6) is 0 Å². The smallest absolute Gasteiger partial charge is 0.319 e. The molecule has 1 fully saturated rings. The van der Waals surface area contributed by atoms with E-state index in [1.54, 1.807) is 19.1 Å². The van der Waals surface area contributed by atoms with E-state index in [1.807, 2.05) is 0 Å². The van der Waals surface area contributed by atoms with E-state index in [1.165, 1.54) is 13.0 Å². The molecule has 2 atom stereocenters. The van der Waals surface area contributed by atoms with Gasteiger partial charge in [0, 0.05) is 5.69 Å². The summed E-state index contributed by atoms with van der Waals surface area (Å²) >= 11 is 0. The summed E-state index contributed by atoms with van der Waals surface area (Å²) in [7, 11) is 0. The van der Waals surface area contributed by atoms with Gasteiger partial charge < -0.3 is 20.5 Å². The van der Waals surface area contributed by atoms with Gasteiger partial charge in [0.15, 0.2) is 0 Å². The molecule has 114 valence electrons. The Balaban J connectivity index is 2.01.